The molecule has 1 N–H and O–H groups in total. The molecule has 0 aliphatic heterocycles. The van der Waals surface area contributed by atoms with Crippen molar-refractivity contribution in [2.24, 2.45) is 0 Å². The second-order valence-electron chi connectivity index (χ2n) is 6.11. The highest BCUT2D eigenvalue weighted by atomic mass is 16.5. The first-order valence-electron chi connectivity index (χ1n) is 9.39. The molecule has 27 heavy (non-hydrogen) atoms. The highest BCUT2D eigenvalue weighted by molar-refractivity contribution is 6.07. The summed E-state index contributed by atoms with van der Waals surface area (Å²) in [7, 11) is 0. The van der Waals surface area contributed by atoms with E-state index in [4.69, 9.17) is 4.74 Å². The predicted octanol–water partition coefficient (Wildman–Crippen LogP) is 4.14. The van der Waals surface area contributed by atoms with Crippen LogP contribution in [0.5, 0.6) is 0 Å². The van der Waals surface area contributed by atoms with E-state index in [-0.39, 0.29) is 12.5 Å². The monoisotopic (exact) mass is 369 g/mol. The summed E-state index contributed by atoms with van der Waals surface area (Å²) < 4.78 is 5.03. The minimum absolute atomic E-state index is 0.274. The third-order valence-corrected chi connectivity index (χ3v) is 4.00. The predicted molar refractivity (Wildman–Crippen MR) is 107 cm³/mol. The van der Waals surface area contributed by atoms with E-state index < -0.39 is 5.97 Å². The Bertz CT molecular complexity index is 754. The number of hydrogen-bond acceptors (Lipinski definition) is 5. The van der Waals surface area contributed by atoms with Gasteiger partial charge in [0.05, 0.1) is 29.7 Å². The molecule has 0 aliphatic rings. The summed E-state index contributed by atoms with van der Waals surface area (Å²) in [6.07, 6.45) is 3.82. The van der Waals surface area contributed by atoms with Gasteiger partial charge in [-0.1, -0.05) is 26.0 Å². The number of nitrogens with zero attached hydrogens (tertiary/aromatic N) is 2. The van der Waals surface area contributed by atoms with Crippen molar-refractivity contribution in [1.29, 1.82) is 0 Å². The van der Waals surface area contributed by atoms with E-state index in [0.29, 0.717) is 16.9 Å². The van der Waals surface area contributed by atoms with Crippen molar-refractivity contribution in [1.82, 2.24) is 4.98 Å². The minimum Gasteiger partial charge on any atom is -0.462 e. The van der Waals surface area contributed by atoms with Crippen LogP contribution in [0.3, 0.4) is 0 Å². The molecule has 0 atom stereocenters. The Hall–Kier alpha value is -2.89. The van der Waals surface area contributed by atoms with Gasteiger partial charge in [0.25, 0.3) is 5.91 Å². The maximum absolute atomic E-state index is 12.5. The van der Waals surface area contributed by atoms with Crippen molar-refractivity contribution in [3.05, 3.63) is 53.9 Å². The average Bonchev–Trinajstić information content (AvgIpc) is 2.68. The van der Waals surface area contributed by atoms with Crippen LogP contribution in [0.4, 0.5) is 11.4 Å². The van der Waals surface area contributed by atoms with Gasteiger partial charge >= 0.3 is 5.97 Å². The molecule has 0 spiro atoms. The molecule has 2 rings (SSSR count). The van der Waals surface area contributed by atoms with E-state index in [1.807, 2.05) is 6.07 Å². The number of anilines is 2. The average molecular weight is 369 g/mol. The van der Waals surface area contributed by atoms with Crippen LogP contribution in [-0.2, 0) is 4.74 Å². The first-order valence-corrected chi connectivity index (χ1v) is 9.39. The molecule has 0 saturated carbocycles. The molecular weight excluding hydrogens is 342 g/mol. The lowest BCUT2D eigenvalue weighted by Gasteiger charge is -2.23. The first-order chi connectivity index (χ1) is 13.1. The fourth-order valence-corrected chi connectivity index (χ4v) is 2.78. The van der Waals surface area contributed by atoms with Gasteiger partial charge in [-0.25, -0.2) is 9.78 Å². The van der Waals surface area contributed by atoms with Gasteiger partial charge in [0, 0.05) is 13.1 Å². The lowest BCUT2D eigenvalue weighted by molar-refractivity contribution is 0.0527. The number of carbonyl (C=O) groups is 2. The van der Waals surface area contributed by atoms with E-state index in [2.05, 4.69) is 29.0 Å². The van der Waals surface area contributed by atoms with E-state index in [9.17, 15) is 9.59 Å². The van der Waals surface area contributed by atoms with Gasteiger partial charge in [-0.15, -0.1) is 0 Å². The summed E-state index contributed by atoms with van der Waals surface area (Å²) in [5, 5.41) is 2.75. The van der Waals surface area contributed by atoms with Crippen LogP contribution in [0.2, 0.25) is 0 Å². The third kappa shape index (κ3) is 5.54. The Balaban J connectivity index is 2.14. The molecule has 1 heterocycles. The summed E-state index contributed by atoms with van der Waals surface area (Å²) in [5.41, 5.74) is 2.03. The number of esters is 1. The van der Waals surface area contributed by atoms with Crippen LogP contribution in [0.15, 0.2) is 42.6 Å². The molecule has 6 nitrogen and oxygen atoms in total. The topological polar surface area (TPSA) is 71.5 Å². The number of rotatable bonds is 9. The molecule has 0 fully saturated rings. The fraction of sp³-hybridized carbons (Fsp3) is 0.381. The first kappa shape index (κ1) is 20.4. The molecule has 144 valence electrons. The molecule has 0 saturated heterocycles. The second kappa shape index (κ2) is 10.3. The third-order valence-electron chi connectivity index (χ3n) is 4.00. The van der Waals surface area contributed by atoms with Crippen molar-refractivity contribution in [2.75, 3.05) is 29.9 Å². The van der Waals surface area contributed by atoms with Gasteiger partial charge < -0.3 is 15.0 Å². The minimum atomic E-state index is -0.466. The number of aromatic nitrogens is 1. The summed E-state index contributed by atoms with van der Waals surface area (Å²) in [6.45, 7) is 8.20. The maximum Gasteiger partial charge on any atom is 0.340 e. The summed E-state index contributed by atoms with van der Waals surface area (Å²) in [6, 6.07) is 10.4. The molecule has 0 aliphatic carbocycles. The number of ether oxygens (including phenoxy) is 1. The second-order valence-corrected chi connectivity index (χ2v) is 6.11. The van der Waals surface area contributed by atoms with Crippen molar-refractivity contribution in [2.45, 2.75) is 33.6 Å². The normalized spacial score (nSPS) is 10.3. The Kier molecular flexibility index (Phi) is 7.79. The zero-order valence-corrected chi connectivity index (χ0v) is 16.2. The molecule has 0 radical (unpaired) electrons. The number of amides is 1. The highest BCUT2D eigenvalue weighted by Crippen LogP contribution is 2.18. The van der Waals surface area contributed by atoms with Gasteiger partial charge in [0.15, 0.2) is 0 Å². The van der Waals surface area contributed by atoms with Crippen molar-refractivity contribution in [3.63, 3.8) is 0 Å². The van der Waals surface area contributed by atoms with Gasteiger partial charge in [-0.2, -0.15) is 0 Å². The smallest absolute Gasteiger partial charge is 0.340 e. The summed E-state index contributed by atoms with van der Waals surface area (Å²) in [4.78, 5) is 31.1. The zero-order chi connectivity index (χ0) is 19.6. The van der Waals surface area contributed by atoms with E-state index in [0.717, 1.165) is 31.6 Å². The van der Waals surface area contributed by atoms with Crippen LogP contribution >= 0.6 is 0 Å². The van der Waals surface area contributed by atoms with Gasteiger partial charge in [0.1, 0.15) is 5.69 Å². The van der Waals surface area contributed by atoms with E-state index in [1.165, 1.54) is 0 Å². The molecule has 1 aromatic heterocycles. The molecule has 0 unspecified atom stereocenters. The van der Waals surface area contributed by atoms with E-state index in [1.54, 1.807) is 43.5 Å². The lowest BCUT2D eigenvalue weighted by Crippen LogP contribution is -2.25. The standard InChI is InChI=1S/C21H27N3O3/c1-4-13-24(14-5-2)16-11-12-19(22-15-16)20(25)23-18-10-8-7-9-17(18)21(26)27-6-3/h7-12,15H,4-6,13-14H2,1-3H3,(H,23,25). The summed E-state index contributed by atoms with van der Waals surface area (Å²) >= 11 is 0. The fourth-order valence-electron chi connectivity index (χ4n) is 2.78. The quantitative estimate of drug-likeness (QED) is 0.673. The van der Waals surface area contributed by atoms with Crippen LogP contribution in [0.1, 0.15) is 54.5 Å². The Morgan fingerprint density at radius 2 is 1.74 bits per heavy atom. The Morgan fingerprint density at radius 3 is 2.33 bits per heavy atom. The van der Waals surface area contributed by atoms with Crippen LogP contribution in [-0.4, -0.2) is 36.6 Å². The maximum atomic E-state index is 12.5. The van der Waals surface area contributed by atoms with Crippen molar-refractivity contribution < 1.29 is 14.3 Å². The van der Waals surface area contributed by atoms with E-state index >= 15 is 0 Å². The SMILES string of the molecule is CCCN(CCC)c1ccc(C(=O)Nc2ccccc2C(=O)OCC)nc1. The number of carbonyl (C=O) groups excluding carboxylic acids is 2. The largest absolute Gasteiger partial charge is 0.462 e. The summed E-state index contributed by atoms with van der Waals surface area (Å²) in [5.74, 6) is -0.831. The van der Waals surface area contributed by atoms with Gasteiger partial charge in [0.2, 0.25) is 0 Å². The lowest BCUT2D eigenvalue weighted by atomic mass is 10.1. The Morgan fingerprint density at radius 1 is 1.04 bits per heavy atom. The molecular formula is C21H27N3O3. The van der Waals surface area contributed by atoms with Crippen molar-refractivity contribution in [3.8, 4) is 0 Å². The molecule has 1 amide bonds. The van der Waals surface area contributed by atoms with Crippen LogP contribution in [0, 0.1) is 0 Å². The van der Waals surface area contributed by atoms with Crippen LogP contribution in [0.25, 0.3) is 0 Å². The number of hydrogen-bond donors (Lipinski definition) is 1. The number of para-hydroxylation sites is 1. The molecule has 2 aromatic rings. The zero-order valence-electron chi connectivity index (χ0n) is 16.2. The number of nitrogens with one attached hydrogen (secondary N) is 1. The van der Waals surface area contributed by atoms with Gasteiger partial charge in [-0.3, -0.25) is 4.79 Å². The highest BCUT2D eigenvalue weighted by Gasteiger charge is 2.16. The number of pyridine rings is 1. The van der Waals surface area contributed by atoms with Crippen molar-refractivity contribution >= 4 is 23.3 Å². The Labute approximate surface area is 160 Å². The molecule has 0 bridgehead atoms. The van der Waals surface area contributed by atoms with Crippen LogP contribution < -0.4 is 10.2 Å². The van der Waals surface area contributed by atoms with Gasteiger partial charge in [-0.05, 0) is 44.0 Å². The molecule has 1 aromatic carbocycles. The number of benzene rings is 1. The molecule has 6 heteroatoms.